The lowest BCUT2D eigenvalue weighted by molar-refractivity contribution is -0.0896. The van der Waals surface area contributed by atoms with Crippen molar-refractivity contribution >= 4 is 10.1 Å². The van der Waals surface area contributed by atoms with Crippen molar-refractivity contribution in [2.24, 2.45) is 0 Å². The minimum absolute atomic E-state index is 0.0449. The van der Waals surface area contributed by atoms with Gasteiger partial charge in [-0.3, -0.25) is 9.08 Å². The minimum atomic E-state index is -3.57. The van der Waals surface area contributed by atoms with Crippen molar-refractivity contribution in [1.29, 1.82) is 0 Å². The number of hydrogen-bond acceptors (Lipinski definition) is 7. The van der Waals surface area contributed by atoms with Crippen molar-refractivity contribution in [3.05, 3.63) is 108 Å². The van der Waals surface area contributed by atoms with Gasteiger partial charge in [-0.25, -0.2) is 0 Å². The lowest BCUT2D eigenvalue weighted by Gasteiger charge is -2.29. The van der Waals surface area contributed by atoms with Crippen molar-refractivity contribution in [2.45, 2.75) is 56.6 Å². The Bertz CT molecular complexity index is 1240. The van der Waals surface area contributed by atoms with Gasteiger partial charge in [-0.1, -0.05) is 91.0 Å². The molecule has 38 heavy (non-hydrogen) atoms. The van der Waals surface area contributed by atoms with Crippen molar-refractivity contribution in [3.63, 3.8) is 0 Å². The second-order valence-corrected chi connectivity index (χ2v) is 11.6. The van der Waals surface area contributed by atoms with E-state index in [9.17, 15) is 8.42 Å². The molecule has 0 N–H and O–H groups in total. The van der Waals surface area contributed by atoms with Crippen molar-refractivity contribution in [1.82, 2.24) is 4.90 Å². The average Bonchev–Trinajstić information content (AvgIpc) is 3.43. The van der Waals surface area contributed by atoms with Crippen LogP contribution in [0, 0.1) is 0 Å². The molecule has 2 aliphatic rings. The summed E-state index contributed by atoms with van der Waals surface area (Å²) in [6, 6.07) is 30.0. The Morgan fingerprint density at radius 2 is 1.24 bits per heavy atom. The number of benzene rings is 3. The third-order valence-electron chi connectivity index (χ3n) is 7.13. The number of fused-ring (bicyclic) bond motifs is 1. The van der Waals surface area contributed by atoms with Gasteiger partial charge in [0, 0.05) is 12.6 Å². The molecule has 0 saturated carbocycles. The molecule has 0 amide bonds. The highest BCUT2D eigenvalue weighted by Gasteiger charge is 2.55. The van der Waals surface area contributed by atoms with Gasteiger partial charge in [0.05, 0.1) is 44.8 Å². The summed E-state index contributed by atoms with van der Waals surface area (Å²) in [6.07, 6.45) is 0.708. The molecule has 0 bridgehead atoms. The zero-order valence-corrected chi connectivity index (χ0v) is 22.4. The van der Waals surface area contributed by atoms with E-state index in [0.717, 1.165) is 22.9 Å². The minimum Gasteiger partial charge on any atom is -0.375 e. The summed E-state index contributed by atoms with van der Waals surface area (Å²) in [5.41, 5.74) is 3.26. The predicted octanol–water partition coefficient (Wildman–Crippen LogP) is 4.18. The Morgan fingerprint density at radius 3 is 1.76 bits per heavy atom. The monoisotopic (exact) mass is 537 g/mol. The molecular formula is C30H35NO6S. The molecule has 3 aromatic rings. The lowest BCUT2D eigenvalue weighted by atomic mass is 10.0. The highest BCUT2D eigenvalue weighted by atomic mass is 32.2. The fourth-order valence-electron chi connectivity index (χ4n) is 5.51. The molecule has 5 atom stereocenters. The predicted molar refractivity (Wildman–Crippen MR) is 145 cm³/mol. The largest absolute Gasteiger partial charge is 0.375 e. The Labute approximate surface area is 225 Å². The quantitative estimate of drug-likeness (QED) is 0.321. The first-order chi connectivity index (χ1) is 18.5. The summed E-state index contributed by atoms with van der Waals surface area (Å²) in [4.78, 5) is 2.27. The molecule has 2 saturated heterocycles. The summed E-state index contributed by atoms with van der Waals surface area (Å²) in [6.45, 7) is 2.29. The normalized spacial score (nSPS) is 25.4. The van der Waals surface area contributed by atoms with Gasteiger partial charge in [0.25, 0.3) is 10.1 Å². The van der Waals surface area contributed by atoms with Crippen molar-refractivity contribution in [3.8, 4) is 0 Å². The first-order valence-corrected chi connectivity index (χ1v) is 14.8. The van der Waals surface area contributed by atoms with Crippen LogP contribution < -0.4 is 0 Å². The maximum atomic E-state index is 11.9. The van der Waals surface area contributed by atoms with E-state index < -0.39 is 16.2 Å². The highest BCUT2D eigenvalue weighted by molar-refractivity contribution is 7.86. The average molecular weight is 538 g/mol. The fraction of sp³-hybridized carbons (Fsp3) is 0.400. The molecular weight excluding hydrogens is 502 g/mol. The number of ether oxygens (including phenoxy) is 3. The van der Waals surface area contributed by atoms with E-state index in [1.54, 1.807) is 0 Å². The molecule has 2 aliphatic heterocycles. The van der Waals surface area contributed by atoms with E-state index in [4.69, 9.17) is 18.4 Å². The van der Waals surface area contributed by atoms with E-state index >= 15 is 0 Å². The standard InChI is InChI=1S/C30H35NO6S/c1-38(32,33)37-26-17-27-29(35-20-24-13-7-3-8-14-24)30(36-21-25-15-9-4-10-16-25)28(31(27)18-26)22-34-19-23-11-5-2-6-12-23/h2-16,26-30H,17-22H2,1H3/t26-,27-,28-,29+,30-/m1/s1. The van der Waals surface area contributed by atoms with Gasteiger partial charge in [0.1, 0.15) is 12.2 Å². The third kappa shape index (κ3) is 7.08. The highest BCUT2D eigenvalue weighted by Crippen LogP contribution is 2.39. The van der Waals surface area contributed by atoms with E-state index in [0.29, 0.717) is 39.4 Å². The summed E-state index contributed by atoms with van der Waals surface area (Å²) in [5, 5.41) is 0. The van der Waals surface area contributed by atoms with E-state index in [-0.39, 0.29) is 24.3 Å². The Hall–Kier alpha value is -2.59. The molecule has 5 rings (SSSR count). The Balaban J connectivity index is 1.36. The van der Waals surface area contributed by atoms with Gasteiger partial charge in [0.15, 0.2) is 0 Å². The van der Waals surface area contributed by atoms with Crippen LogP contribution in [0.25, 0.3) is 0 Å². The van der Waals surface area contributed by atoms with Crippen LogP contribution in [0.15, 0.2) is 91.0 Å². The van der Waals surface area contributed by atoms with Gasteiger partial charge >= 0.3 is 0 Å². The maximum absolute atomic E-state index is 11.9. The van der Waals surface area contributed by atoms with Crippen LogP contribution in [0.2, 0.25) is 0 Å². The van der Waals surface area contributed by atoms with Crippen LogP contribution in [0.3, 0.4) is 0 Å². The summed E-state index contributed by atoms with van der Waals surface area (Å²) in [5.74, 6) is 0. The van der Waals surface area contributed by atoms with Gasteiger partial charge in [-0.15, -0.1) is 0 Å². The first kappa shape index (κ1) is 27.0. The summed E-state index contributed by atoms with van der Waals surface area (Å²) in [7, 11) is -3.57. The smallest absolute Gasteiger partial charge is 0.264 e. The molecule has 8 heteroatoms. The van der Waals surface area contributed by atoms with E-state index in [2.05, 4.69) is 4.90 Å². The van der Waals surface area contributed by atoms with Crippen LogP contribution in [0.4, 0.5) is 0 Å². The Kier molecular flexibility index (Phi) is 8.89. The van der Waals surface area contributed by atoms with Crippen LogP contribution in [-0.2, 0) is 48.3 Å². The molecule has 0 radical (unpaired) electrons. The third-order valence-corrected chi connectivity index (χ3v) is 7.76. The van der Waals surface area contributed by atoms with Crippen LogP contribution in [-0.4, -0.2) is 63.1 Å². The molecule has 2 heterocycles. The molecule has 2 fully saturated rings. The van der Waals surface area contributed by atoms with Crippen molar-refractivity contribution in [2.75, 3.05) is 19.4 Å². The summed E-state index contributed by atoms with van der Waals surface area (Å²) < 4.78 is 48.6. The van der Waals surface area contributed by atoms with Gasteiger partial charge in [-0.2, -0.15) is 8.42 Å². The number of rotatable bonds is 12. The van der Waals surface area contributed by atoms with Crippen LogP contribution in [0.5, 0.6) is 0 Å². The molecule has 0 spiro atoms. The Morgan fingerprint density at radius 1 is 0.737 bits per heavy atom. The van der Waals surface area contributed by atoms with Crippen LogP contribution in [0.1, 0.15) is 23.1 Å². The zero-order chi connectivity index (χ0) is 26.4. The number of nitrogens with zero attached hydrogens (tertiary/aromatic N) is 1. The zero-order valence-electron chi connectivity index (χ0n) is 21.6. The second kappa shape index (κ2) is 12.5. The molecule has 0 aromatic heterocycles. The topological polar surface area (TPSA) is 74.3 Å². The van der Waals surface area contributed by atoms with Gasteiger partial charge in [-0.05, 0) is 23.1 Å². The number of hydrogen-bond donors (Lipinski definition) is 0. The molecule has 7 nitrogen and oxygen atoms in total. The SMILES string of the molecule is CS(=O)(=O)O[C@@H]1C[C@@H]2[C@H](OCc3ccccc3)[C@H](OCc3ccccc3)[C@@H](COCc3ccccc3)N2C1. The van der Waals surface area contributed by atoms with E-state index in [1.807, 2.05) is 91.0 Å². The molecule has 3 aromatic carbocycles. The van der Waals surface area contributed by atoms with Gasteiger partial charge in [0.2, 0.25) is 0 Å². The molecule has 0 unspecified atom stereocenters. The fourth-order valence-corrected chi connectivity index (χ4v) is 6.14. The first-order valence-electron chi connectivity index (χ1n) is 13.0. The van der Waals surface area contributed by atoms with Crippen molar-refractivity contribution < 1.29 is 26.8 Å². The van der Waals surface area contributed by atoms with Gasteiger partial charge < -0.3 is 14.2 Å². The van der Waals surface area contributed by atoms with E-state index in [1.165, 1.54) is 0 Å². The molecule has 202 valence electrons. The lowest BCUT2D eigenvalue weighted by Crippen LogP contribution is -2.43. The second-order valence-electron chi connectivity index (χ2n) is 10.0. The maximum Gasteiger partial charge on any atom is 0.264 e. The van der Waals surface area contributed by atoms with Crippen LogP contribution >= 0.6 is 0 Å². The molecule has 0 aliphatic carbocycles. The summed E-state index contributed by atoms with van der Waals surface area (Å²) >= 11 is 0.